The summed E-state index contributed by atoms with van der Waals surface area (Å²) in [6.45, 7) is 4.36. The Bertz CT molecular complexity index is 962. The van der Waals surface area contributed by atoms with E-state index in [2.05, 4.69) is 10.2 Å². The lowest BCUT2D eigenvalue weighted by Gasteiger charge is -2.31. The van der Waals surface area contributed by atoms with Gasteiger partial charge in [-0.25, -0.2) is 4.79 Å². The van der Waals surface area contributed by atoms with Crippen molar-refractivity contribution in [3.05, 3.63) is 60.8 Å². The van der Waals surface area contributed by atoms with Crippen molar-refractivity contribution >= 4 is 16.9 Å². The topological polar surface area (TPSA) is 55.7 Å². The molecule has 30 heavy (non-hydrogen) atoms. The number of methoxy groups -OCH3 is 1. The van der Waals surface area contributed by atoms with Gasteiger partial charge in [-0.2, -0.15) is 0 Å². The molecule has 1 amide bonds. The molecule has 6 nitrogen and oxygen atoms in total. The lowest BCUT2D eigenvalue weighted by atomic mass is 9.98. The van der Waals surface area contributed by atoms with Gasteiger partial charge in [0.2, 0.25) is 0 Å². The lowest BCUT2D eigenvalue weighted by Crippen LogP contribution is -2.41. The number of nitrogens with zero attached hydrogens (tertiary/aromatic N) is 2. The average molecular weight is 408 g/mol. The van der Waals surface area contributed by atoms with Crippen LogP contribution in [0.1, 0.15) is 12.8 Å². The molecule has 1 fully saturated rings. The zero-order chi connectivity index (χ0) is 20.8. The molecule has 1 saturated heterocycles. The number of benzene rings is 2. The van der Waals surface area contributed by atoms with E-state index in [-0.39, 0.29) is 6.03 Å². The van der Waals surface area contributed by atoms with Gasteiger partial charge in [0.15, 0.2) is 0 Å². The monoisotopic (exact) mass is 407 g/mol. The van der Waals surface area contributed by atoms with Crippen LogP contribution in [0.4, 0.5) is 4.79 Å². The molecule has 2 heterocycles. The van der Waals surface area contributed by atoms with Gasteiger partial charge in [0.1, 0.15) is 11.5 Å². The molecule has 0 atom stereocenters. The smallest absolute Gasteiger partial charge is 0.326 e. The van der Waals surface area contributed by atoms with E-state index in [9.17, 15) is 4.79 Å². The van der Waals surface area contributed by atoms with Crippen molar-refractivity contribution in [2.45, 2.75) is 12.8 Å². The molecule has 0 bridgehead atoms. The summed E-state index contributed by atoms with van der Waals surface area (Å²) in [4.78, 5) is 15.0. The third-order valence-electron chi connectivity index (χ3n) is 5.76. The fourth-order valence-electron chi connectivity index (χ4n) is 3.93. The third kappa shape index (κ3) is 4.94. The van der Waals surface area contributed by atoms with E-state index >= 15 is 0 Å². The van der Waals surface area contributed by atoms with Crippen molar-refractivity contribution in [3.63, 3.8) is 0 Å². The Hall–Kier alpha value is -2.99. The maximum absolute atomic E-state index is 12.6. The van der Waals surface area contributed by atoms with E-state index in [0.29, 0.717) is 12.5 Å². The number of para-hydroxylation sites is 1. The molecule has 0 radical (unpaired) electrons. The Morgan fingerprint density at radius 3 is 2.63 bits per heavy atom. The molecule has 1 aliphatic heterocycles. The van der Waals surface area contributed by atoms with Crippen LogP contribution >= 0.6 is 0 Å². The molecule has 158 valence electrons. The highest BCUT2D eigenvalue weighted by Crippen LogP contribution is 2.22. The first-order chi connectivity index (χ1) is 14.7. The molecule has 1 aromatic heterocycles. The fraction of sp³-hybridized carbons (Fsp3) is 0.375. The number of hydrogen-bond donors (Lipinski definition) is 1. The number of aromatic nitrogens is 1. The van der Waals surface area contributed by atoms with Crippen LogP contribution in [0.25, 0.3) is 10.9 Å². The molecule has 6 heteroatoms. The number of ether oxygens (including phenoxy) is 2. The zero-order valence-corrected chi connectivity index (χ0v) is 17.4. The largest absolute Gasteiger partial charge is 0.497 e. The summed E-state index contributed by atoms with van der Waals surface area (Å²) in [6, 6.07) is 17.6. The molecule has 0 unspecified atom stereocenters. The normalized spacial score (nSPS) is 15.2. The number of amides is 1. The van der Waals surface area contributed by atoms with Crippen LogP contribution in [-0.4, -0.2) is 55.4 Å². The van der Waals surface area contributed by atoms with Crippen LogP contribution < -0.4 is 14.8 Å². The Balaban J connectivity index is 1.19. The molecule has 0 aliphatic carbocycles. The molecule has 1 aliphatic rings. The minimum atomic E-state index is -0.107. The second kappa shape index (κ2) is 9.67. The van der Waals surface area contributed by atoms with Crippen molar-refractivity contribution in [2.24, 2.45) is 5.92 Å². The second-order valence-corrected chi connectivity index (χ2v) is 7.75. The molecule has 4 rings (SSSR count). The van der Waals surface area contributed by atoms with Gasteiger partial charge in [-0.1, -0.05) is 18.2 Å². The lowest BCUT2D eigenvalue weighted by molar-refractivity contribution is 0.142. The maximum Gasteiger partial charge on any atom is 0.326 e. The van der Waals surface area contributed by atoms with Crippen molar-refractivity contribution in [2.75, 3.05) is 39.9 Å². The minimum absolute atomic E-state index is 0.107. The van der Waals surface area contributed by atoms with Gasteiger partial charge in [0.25, 0.3) is 0 Å². The first kappa shape index (κ1) is 20.3. The molecule has 3 aromatic rings. The quantitative estimate of drug-likeness (QED) is 0.643. The molecule has 0 saturated carbocycles. The number of rotatable bonds is 7. The van der Waals surface area contributed by atoms with Crippen LogP contribution in [0.2, 0.25) is 0 Å². The van der Waals surface area contributed by atoms with Crippen LogP contribution in [0.5, 0.6) is 11.5 Å². The summed E-state index contributed by atoms with van der Waals surface area (Å²) in [5.41, 5.74) is 0.853. The zero-order valence-electron chi connectivity index (χ0n) is 17.4. The van der Waals surface area contributed by atoms with E-state index in [1.807, 2.05) is 54.6 Å². The summed E-state index contributed by atoms with van der Waals surface area (Å²) < 4.78 is 12.8. The summed E-state index contributed by atoms with van der Waals surface area (Å²) in [5.74, 6) is 2.28. The standard InChI is InChI=1S/C24H29N3O3/c1-29-22-8-7-20-11-15-27(23(20)17-22)24(28)25-12-16-26-13-9-19(10-14-26)18-30-21-5-3-2-4-6-21/h2-8,11,15,17,19H,9-10,12-14,16,18H2,1H3,(H,25,28). The van der Waals surface area contributed by atoms with Gasteiger partial charge in [0.05, 0.1) is 19.2 Å². The highest BCUT2D eigenvalue weighted by molar-refractivity contribution is 5.92. The predicted octanol–water partition coefficient (Wildman–Crippen LogP) is 4.00. The molecule has 1 N–H and O–H groups in total. The Kier molecular flexibility index (Phi) is 6.54. The van der Waals surface area contributed by atoms with Crippen molar-refractivity contribution in [1.29, 1.82) is 0 Å². The van der Waals surface area contributed by atoms with Gasteiger partial charge in [0, 0.05) is 30.7 Å². The van der Waals surface area contributed by atoms with Crippen LogP contribution in [0.3, 0.4) is 0 Å². The number of nitrogens with one attached hydrogen (secondary N) is 1. The molecular weight excluding hydrogens is 378 g/mol. The summed E-state index contributed by atoms with van der Waals surface area (Å²) in [7, 11) is 1.63. The predicted molar refractivity (Wildman–Crippen MR) is 118 cm³/mol. The number of likely N-dealkylation sites (tertiary alicyclic amines) is 1. The average Bonchev–Trinajstić information content (AvgIpc) is 3.22. The summed E-state index contributed by atoms with van der Waals surface area (Å²) >= 11 is 0. The number of fused-ring (bicyclic) bond motifs is 1. The van der Waals surface area contributed by atoms with Gasteiger partial charge in [-0.3, -0.25) is 4.57 Å². The number of piperidine rings is 1. The summed E-state index contributed by atoms with van der Waals surface area (Å²) in [5, 5.41) is 4.06. The molecular formula is C24H29N3O3. The number of carbonyl (C=O) groups is 1. The van der Waals surface area contributed by atoms with Gasteiger partial charge >= 0.3 is 6.03 Å². The van der Waals surface area contributed by atoms with Crippen molar-refractivity contribution in [3.8, 4) is 11.5 Å². The Morgan fingerprint density at radius 1 is 1.07 bits per heavy atom. The van der Waals surface area contributed by atoms with E-state index < -0.39 is 0 Å². The SMILES string of the molecule is COc1ccc2ccn(C(=O)NCCN3CCC(COc4ccccc4)CC3)c2c1. The van der Waals surface area contributed by atoms with Crippen LogP contribution in [0.15, 0.2) is 60.8 Å². The van der Waals surface area contributed by atoms with E-state index in [1.165, 1.54) is 0 Å². The molecule has 0 spiro atoms. The number of hydrogen-bond acceptors (Lipinski definition) is 4. The fourth-order valence-corrected chi connectivity index (χ4v) is 3.93. The number of carbonyl (C=O) groups excluding carboxylic acids is 1. The second-order valence-electron chi connectivity index (χ2n) is 7.75. The highest BCUT2D eigenvalue weighted by Gasteiger charge is 2.20. The third-order valence-corrected chi connectivity index (χ3v) is 5.76. The van der Waals surface area contributed by atoms with Gasteiger partial charge in [-0.15, -0.1) is 0 Å². The van der Waals surface area contributed by atoms with Crippen molar-refractivity contribution in [1.82, 2.24) is 14.8 Å². The first-order valence-electron chi connectivity index (χ1n) is 10.6. The molecule has 2 aromatic carbocycles. The van der Waals surface area contributed by atoms with E-state index in [4.69, 9.17) is 9.47 Å². The first-order valence-corrected chi connectivity index (χ1v) is 10.6. The highest BCUT2D eigenvalue weighted by atomic mass is 16.5. The van der Waals surface area contributed by atoms with E-state index in [0.717, 1.165) is 61.5 Å². The Morgan fingerprint density at radius 2 is 1.87 bits per heavy atom. The van der Waals surface area contributed by atoms with Gasteiger partial charge in [-0.05, 0) is 62.2 Å². The van der Waals surface area contributed by atoms with Crippen LogP contribution in [-0.2, 0) is 0 Å². The van der Waals surface area contributed by atoms with Crippen LogP contribution in [0, 0.1) is 5.92 Å². The minimum Gasteiger partial charge on any atom is -0.497 e. The van der Waals surface area contributed by atoms with Gasteiger partial charge < -0.3 is 19.7 Å². The maximum atomic E-state index is 12.6. The van der Waals surface area contributed by atoms with E-state index in [1.54, 1.807) is 17.9 Å². The van der Waals surface area contributed by atoms with Crippen molar-refractivity contribution < 1.29 is 14.3 Å². The Labute approximate surface area is 177 Å². The summed E-state index contributed by atoms with van der Waals surface area (Å²) in [6.07, 6.45) is 4.06.